The Labute approximate surface area is 315 Å². The van der Waals surface area contributed by atoms with Crippen molar-refractivity contribution in [3.8, 4) is 0 Å². The summed E-state index contributed by atoms with van der Waals surface area (Å²) in [5.74, 6) is -4.94. The Bertz CT molecular complexity index is 1960. The number of carbonyl (C=O) groups excluding carboxylic acids is 6. The van der Waals surface area contributed by atoms with E-state index >= 15 is 0 Å². The van der Waals surface area contributed by atoms with Crippen LogP contribution in [-0.4, -0.2) is 113 Å². The van der Waals surface area contributed by atoms with Crippen molar-refractivity contribution < 1.29 is 43.0 Å². The summed E-state index contributed by atoms with van der Waals surface area (Å²) in [7, 11) is 5.32. The minimum Gasteiger partial charge on any atom is -0.357 e. The van der Waals surface area contributed by atoms with Gasteiger partial charge in [0, 0.05) is 27.9 Å². The molecule has 2 aliphatic heterocycles. The lowest BCUT2D eigenvalue weighted by Crippen LogP contribution is -2.48. The molecule has 284 valence electrons. The van der Waals surface area contributed by atoms with E-state index < -0.39 is 66.3 Å². The van der Waals surface area contributed by atoms with Crippen LogP contribution in [0.2, 0.25) is 0 Å². The van der Waals surface area contributed by atoms with Gasteiger partial charge in [0.1, 0.15) is 0 Å². The first kappa shape index (κ1) is 38.3. The van der Waals surface area contributed by atoms with Gasteiger partial charge in [-0.15, -0.1) is 0 Å². The maximum absolute atomic E-state index is 14.0. The van der Waals surface area contributed by atoms with E-state index in [4.69, 9.17) is 14.2 Å². The average Bonchev–Trinajstić information content (AvgIpc) is 3.57. The molecule has 0 radical (unpaired) electrons. The van der Waals surface area contributed by atoms with Gasteiger partial charge >= 0.3 is 12.1 Å². The predicted octanol–water partition coefficient (Wildman–Crippen LogP) is 2.35. The molecule has 18 nitrogen and oxygen atoms in total. The molecule has 18 heteroatoms. The average molecular weight is 752 g/mol. The highest BCUT2D eigenvalue weighted by Gasteiger charge is 2.51. The van der Waals surface area contributed by atoms with Crippen LogP contribution >= 0.6 is 0 Å². The van der Waals surface area contributed by atoms with E-state index in [0.29, 0.717) is 25.8 Å². The first-order valence-corrected chi connectivity index (χ1v) is 16.9. The summed E-state index contributed by atoms with van der Waals surface area (Å²) in [6, 6.07) is 24.9. The summed E-state index contributed by atoms with van der Waals surface area (Å²) < 4.78 is 16.3. The highest BCUT2D eigenvalue weighted by Crippen LogP contribution is 2.31. The van der Waals surface area contributed by atoms with Crippen LogP contribution in [0.4, 0.5) is 27.4 Å². The molecule has 2 fully saturated rings. The number of benzene rings is 3. The third-order valence-electron chi connectivity index (χ3n) is 8.81. The number of imide groups is 3. The van der Waals surface area contributed by atoms with Gasteiger partial charge in [0.15, 0.2) is 6.23 Å². The second-order valence-electron chi connectivity index (χ2n) is 12.4. The zero-order chi connectivity index (χ0) is 39.2. The number of anilines is 3. The van der Waals surface area contributed by atoms with Crippen molar-refractivity contribution in [3.63, 3.8) is 0 Å². The molecule has 4 aromatic rings. The number of nitrogens with zero attached hydrogens (tertiary/aromatic N) is 9. The van der Waals surface area contributed by atoms with Crippen molar-refractivity contribution in [2.45, 2.75) is 38.3 Å². The molecular formula is C37H37N9O9. The zero-order valence-corrected chi connectivity index (χ0v) is 30.3. The van der Waals surface area contributed by atoms with Crippen molar-refractivity contribution in [2.75, 3.05) is 43.1 Å². The molecule has 1 aromatic heterocycles. The Hall–Kier alpha value is -6.47. The Kier molecular flexibility index (Phi) is 11.6. The topological polar surface area (TPSA) is 188 Å². The van der Waals surface area contributed by atoms with Crippen LogP contribution in [0.15, 0.2) is 91.0 Å². The molecule has 0 bridgehead atoms. The number of amides is 8. The van der Waals surface area contributed by atoms with Crippen molar-refractivity contribution in [2.24, 2.45) is 0 Å². The largest absolute Gasteiger partial charge is 0.357 e. The van der Waals surface area contributed by atoms with Crippen LogP contribution in [-0.2, 0) is 53.0 Å². The summed E-state index contributed by atoms with van der Waals surface area (Å²) in [5, 5.41) is 0. The fourth-order valence-electron chi connectivity index (χ4n) is 6.21. The van der Waals surface area contributed by atoms with Gasteiger partial charge in [-0.2, -0.15) is 24.8 Å². The molecule has 0 N–H and O–H groups in total. The summed E-state index contributed by atoms with van der Waals surface area (Å²) in [6.45, 7) is 0.116. The van der Waals surface area contributed by atoms with Gasteiger partial charge in [0.25, 0.3) is 17.7 Å². The lowest BCUT2D eigenvalue weighted by Gasteiger charge is -2.28. The molecule has 0 saturated carbocycles. The molecule has 0 aliphatic carbocycles. The van der Waals surface area contributed by atoms with Crippen molar-refractivity contribution >= 4 is 54.0 Å². The van der Waals surface area contributed by atoms with Crippen LogP contribution in [0.5, 0.6) is 0 Å². The Balaban J connectivity index is 1.43. The lowest BCUT2D eigenvalue weighted by atomic mass is 10.2. The quantitative estimate of drug-likeness (QED) is 0.0979. The van der Waals surface area contributed by atoms with E-state index in [-0.39, 0.29) is 26.0 Å². The van der Waals surface area contributed by atoms with E-state index in [1.165, 1.54) is 26.2 Å². The van der Waals surface area contributed by atoms with Gasteiger partial charge in [0.05, 0.1) is 13.1 Å². The van der Waals surface area contributed by atoms with E-state index in [1.807, 2.05) is 30.3 Å². The molecule has 6 rings (SSSR count). The van der Waals surface area contributed by atoms with Crippen molar-refractivity contribution in [1.29, 1.82) is 0 Å². The highest BCUT2D eigenvalue weighted by atomic mass is 16.5. The zero-order valence-electron chi connectivity index (χ0n) is 30.3. The molecular weight excluding hydrogens is 714 g/mol. The maximum atomic E-state index is 14.0. The van der Waals surface area contributed by atoms with E-state index in [9.17, 15) is 28.8 Å². The standard InChI is InChI=1S/C37H37N9O9/c1-41(20-24-14-8-5-9-15-24)30(53-2)27(48)44(23-47)33-38-34(45-28(49)31(54-3)42(36(45)51)21-25-16-10-6-11-17-25)40-35(39-33)46-29(50)32(55-4)43(37(46)52)22-26-18-12-7-13-19-26/h5-19,23,30-32H,20-22H2,1-4H3. The van der Waals surface area contributed by atoms with Gasteiger partial charge in [-0.1, -0.05) is 91.0 Å². The van der Waals surface area contributed by atoms with Crippen LogP contribution in [0.3, 0.4) is 0 Å². The van der Waals surface area contributed by atoms with Crippen molar-refractivity contribution in [1.82, 2.24) is 29.7 Å². The maximum Gasteiger partial charge on any atom is 0.336 e. The molecule has 2 saturated heterocycles. The molecule has 3 unspecified atom stereocenters. The third kappa shape index (κ3) is 7.64. The Morgan fingerprint density at radius 1 is 0.691 bits per heavy atom. The van der Waals surface area contributed by atoms with Gasteiger partial charge in [-0.3, -0.25) is 33.9 Å². The van der Waals surface area contributed by atoms with E-state index in [1.54, 1.807) is 67.7 Å². The monoisotopic (exact) mass is 751 g/mol. The molecule has 3 aromatic carbocycles. The molecule has 3 atom stereocenters. The summed E-state index contributed by atoms with van der Waals surface area (Å²) in [5.41, 5.74) is 2.18. The normalized spacial score (nSPS) is 17.8. The molecule has 2 aliphatic rings. The van der Waals surface area contributed by atoms with Crippen LogP contribution < -0.4 is 14.7 Å². The van der Waals surface area contributed by atoms with Crippen LogP contribution in [0.25, 0.3) is 0 Å². The number of urea groups is 2. The number of rotatable bonds is 15. The highest BCUT2D eigenvalue weighted by molar-refractivity contribution is 6.21. The van der Waals surface area contributed by atoms with Gasteiger partial charge in [-0.05, 0) is 23.7 Å². The first-order chi connectivity index (χ1) is 26.6. The van der Waals surface area contributed by atoms with E-state index in [0.717, 1.165) is 15.4 Å². The molecule has 0 spiro atoms. The van der Waals surface area contributed by atoms with Crippen LogP contribution in [0.1, 0.15) is 16.7 Å². The van der Waals surface area contributed by atoms with Gasteiger partial charge in [0.2, 0.25) is 36.7 Å². The number of aromatic nitrogens is 3. The van der Waals surface area contributed by atoms with E-state index in [2.05, 4.69) is 15.0 Å². The third-order valence-corrected chi connectivity index (χ3v) is 8.81. The number of carbonyl (C=O) groups is 6. The predicted molar refractivity (Wildman–Crippen MR) is 193 cm³/mol. The number of likely N-dealkylation sites (N-methyl/N-ethyl adjacent to an activating group) is 1. The van der Waals surface area contributed by atoms with Crippen molar-refractivity contribution in [3.05, 3.63) is 108 Å². The molecule has 3 heterocycles. The number of methoxy groups -OCH3 is 3. The van der Waals surface area contributed by atoms with Gasteiger partial charge < -0.3 is 14.2 Å². The fraction of sp³-hybridized carbons (Fsp3) is 0.270. The SMILES string of the molecule is COC(C(=O)N(C=O)c1nc(N2C(=O)C(OC)N(Cc3ccccc3)C2=O)nc(N2C(=O)C(OC)N(Cc3ccccc3)C2=O)n1)N(C)Cc1ccccc1. The van der Waals surface area contributed by atoms with Crippen LogP contribution in [0, 0.1) is 0 Å². The lowest BCUT2D eigenvalue weighted by molar-refractivity contribution is -0.140. The number of hydrogen-bond donors (Lipinski definition) is 0. The number of hydrogen-bond acceptors (Lipinski definition) is 13. The minimum atomic E-state index is -1.43. The smallest absolute Gasteiger partial charge is 0.336 e. The first-order valence-electron chi connectivity index (χ1n) is 16.9. The summed E-state index contributed by atoms with van der Waals surface area (Å²) in [4.78, 5) is 101. The second kappa shape index (κ2) is 16.7. The summed E-state index contributed by atoms with van der Waals surface area (Å²) in [6.07, 6.45) is -4.13. The fourth-order valence-corrected chi connectivity index (χ4v) is 6.21. The molecule has 8 amide bonds. The van der Waals surface area contributed by atoms with Gasteiger partial charge in [-0.25, -0.2) is 14.5 Å². The minimum absolute atomic E-state index is 0.0551. The molecule has 55 heavy (non-hydrogen) atoms. The second-order valence-corrected chi connectivity index (χ2v) is 12.4. The number of ether oxygens (including phenoxy) is 3. The Morgan fingerprint density at radius 3 is 1.49 bits per heavy atom. The summed E-state index contributed by atoms with van der Waals surface area (Å²) >= 11 is 0. The Morgan fingerprint density at radius 2 is 1.11 bits per heavy atom.